The molecule has 0 amide bonds. The Morgan fingerprint density at radius 3 is 2.11 bits per heavy atom. The van der Waals surface area contributed by atoms with Crippen molar-refractivity contribution in [1.82, 2.24) is 0 Å². The molecule has 0 bridgehead atoms. The Hall–Kier alpha value is -1.79. The van der Waals surface area contributed by atoms with Crippen LogP contribution in [0.4, 0.5) is 0 Å². The number of aliphatic hydroxyl groups excluding tert-OH is 3. The van der Waals surface area contributed by atoms with E-state index in [2.05, 4.69) is 13.0 Å². The molecule has 18 atom stereocenters. The minimum absolute atomic E-state index is 0.00114. The van der Waals surface area contributed by atoms with Gasteiger partial charge in [0.05, 0.1) is 55.1 Å². The fourth-order valence-electron chi connectivity index (χ4n) is 10.4. The van der Waals surface area contributed by atoms with E-state index < -0.39 is 97.0 Å². The van der Waals surface area contributed by atoms with Gasteiger partial charge in [-0.15, -0.1) is 0 Å². The minimum atomic E-state index is -1.56. The van der Waals surface area contributed by atoms with Crippen LogP contribution >= 0.6 is 0 Å². The lowest BCUT2D eigenvalue weighted by atomic mass is 9.51. The first-order chi connectivity index (χ1) is 25.7. The number of aliphatic hydroxyl groups is 4. The zero-order valence-corrected chi connectivity index (χ0v) is 32.5. The monoisotopic (exact) mass is 764 g/mol. The van der Waals surface area contributed by atoms with Gasteiger partial charge in [0.1, 0.15) is 24.1 Å². The maximum atomic E-state index is 13.9. The number of ketones is 1. The number of rotatable bonds is 9. The second-order valence-corrected chi connectivity index (χ2v) is 16.7. The van der Waals surface area contributed by atoms with Crippen molar-refractivity contribution < 1.29 is 67.5 Å². The molecule has 54 heavy (non-hydrogen) atoms. The number of allylic oxidation sites excluding steroid dienone is 1. The van der Waals surface area contributed by atoms with Crippen molar-refractivity contribution in [2.45, 2.75) is 178 Å². The number of hydrogen-bond donors (Lipinski definition) is 4. The third kappa shape index (κ3) is 7.40. The predicted molar refractivity (Wildman–Crippen MR) is 190 cm³/mol. The molecule has 0 aromatic carbocycles. The number of hydrogen-bond acceptors (Lipinski definition) is 14. The molecule has 1 aromatic heterocycles. The van der Waals surface area contributed by atoms with Crippen LogP contribution in [0.5, 0.6) is 0 Å². The smallest absolute Gasteiger partial charge is 0.172 e. The molecular formula is C40H60O14. The van der Waals surface area contributed by atoms with Crippen LogP contribution in [0.15, 0.2) is 28.4 Å². The summed E-state index contributed by atoms with van der Waals surface area (Å²) >= 11 is 0. The van der Waals surface area contributed by atoms with E-state index in [1.807, 2.05) is 13.8 Å². The van der Waals surface area contributed by atoms with Crippen LogP contribution in [0.3, 0.4) is 0 Å². The molecule has 14 heteroatoms. The summed E-state index contributed by atoms with van der Waals surface area (Å²) in [6, 6.07) is 1.70. The summed E-state index contributed by atoms with van der Waals surface area (Å²) in [7, 11) is 3.15. The minimum Gasteiger partial charge on any atom is -0.469 e. The first-order valence-corrected chi connectivity index (χ1v) is 19.7. The Labute approximate surface area is 317 Å². The number of ether oxygens (including phenoxy) is 8. The van der Waals surface area contributed by atoms with Gasteiger partial charge in [0.2, 0.25) is 0 Å². The largest absolute Gasteiger partial charge is 0.469 e. The molecule has 6 aliphatic rings. The Morgan fingerprint density at radius 1 is 0.815 bits per heavy atom. The van der Waals surface area contributed by atoms with Crippen molar-refractivity contribution in [2.24, 2.45) is 17.3 Å². The Balaban J connectivity index is 0.940. The summed E-state index contributed by atoms with van der Waals surface area (Å²) in [6.45, 7) is 9.36. The fraction of sp³-hybridized carbons (Fsp3) is 0.825. The molecule has 304 valence electrons. The SMILES string of the molecule is CO[C@@H]1C[C@H](O[C@H]2[C@@H](O)C[C@H](O[C@@H]3[C@H](C)O[C@H](O[C@H]4CC5=CC[C@H]6C(=O)[C@@](O)(c7ccoc7C)CC[C@@H]6[C@]5(C)C[C@H]4O)C[C@H]3OC)O[C@@H]2C)O[C@@H](C)[C@@H]1O. The van der Waals surface area contributed by atoms with Crippen molar-refractivity contribution in [2.75, 3.05) is 14.2 Å². The van der Waals surface area contributed by atoms with Crippen molar-refractivity contribution in [3.05, 3.63) is 35.3 Å². The highest BCUT2D eigenvalue weighted by atomic mass is 16.7. The van der Waals surface area contributed by atoms with Gasteiger partial charge in [-0.3, -0.25) is 4.79 Å². The van der Waals surface area contributed by atoms with Crippen LogP contribution in [0.25, 0.3) is 0 Å². The van der Waals surface area contributed by atoms with Gasteiger partial charge in [-0.1, -0.05) is 18.6 Å². The van der Waals surface area contributed by atoms with Crippen molar-refractivity contribution in [3.8, 4) is 0 Å². The Kier molecular flexibility index (Phi) is 11.9. The number of fused-ring (bicyclic) bond motifs is 3. The van der Waals surface area contributed by atoms with E-state index in [4.69, 9.17) is 42.3 Å². The third-order valence-corrected chi connectivity index (χ3v) is 13.5. The lowest BCUT2D eigenvalue weighted by Crippen LogP contribution is -2.57. The molecule has 4 heterocycles. The molecule has 0 spiro atoms. The summed E-state index contributed by atoms with van der Waals surface area (Å²) in [5.74, 6) is 0.0491. The zero-order valence-electron chi connectivity index (χ0n) is 32.5. The van der Waals surface area contributed by atoms with Crippen LogP contribution in [-0.4, -0.2) is 126 Å². The van der Waals surface area contributed by atoms with Crippen molar-refractivity contribution in [1.29, 1.82) is 0 Å². The van der Waals surface area contributed by atoms with E-state index in [-0.39, 0.29) is 24.0 Å². The van der Waals surface area contributed by atoms with E-state index >= 15 is 0 Å². The van der Waals surface area contributed by atoms with Crippen LogP contribution in [0.2, 0.25) is 0 Å². The third-order valence-electron chi connectivity index (χ3n) is 13.5. The zero-order chi connectivity index (χ0) is 38.7. The first kappa shape index (κ1) is 40.4. The van der Waals surface area contributed by atoms with E-state index in [0.29, 0.717) is 56.3 Å². The van der Waals surface area contributed by atoms with Gasteiger partial charge in [-0.25, -0.2) is 0 Å². The van der Waals surface area contributed by atoms with Crippen molar-refractivity contribution in [3.63, 3.8) is 0 Å². The summed E-state index contributed by atoms with van der Waals surface area (Å²) in [5, 5.41) is 44.6. The van der Waals surface area contributed by atoms with Crippen LogP contribution in [0, 0.1) is 24.2 Å². The maximum Gasteiger partial charge on any atom is 0.172 e. The van der Waals surface area contributed by atoms with E-state index in [0.717, 1.165) is 0 Å². The van der Waals surface area contributed by atoms with Gasteiger partial charge in [0.15, 0.2) is 30.3 Å². The lowest BCUT2D eigenvalue weighted by molar-refractivity contribution is -0.338. The average molecular weight is 765 g/mol. The summed E-state index contributed by atoms with van der Waals surface area (Å²) < 4.78 is 54.1. The number of furan rings is 1. The number of carbonyl (C=O) groups excluding carboxylic acids is 1. The standard InChI is InChI=1S/C40H60O14/c1-19-25(11-13-48-19)40(45)12-10-26-24(38(40)44)9-8-23-14-29(28(42)18-39(23,26)5)52-33-17-31(47-7)37(22(4)51-33)54-32-15-27(41)36(21(3)50-32)53-34-16-30(46-6)35(43)20(2)49-34/h8,11,13,20-22,24,26-37,41-43,45H,9-10,12,14-18H2,1-7H3/t20-,21+,22-,24+,26-,27-,28+,29-,30+,31+,32-,33+,34-,35-,36+,37+,39+,40-/m0/s1. The highest BCUT2D eigenvalue weighted by Gasteiger charge is 2.58. The number of aryl methyl sites for hydroxylation is 1. The second kappa shape index (κ2) is 15.9. The molecule has 3 saturated heterocycles. The maximum absolute atomic E-state index is 13.9. The summed E-state index contributed by atoms with van der Waals surface area (Å²) in [4.78, 5) is 13.9. The highest BCUT2D eigenvalue weighted by molar-refractivity contribution is 5.92. The highest BCUT2D eigenvalue weighted by Crippen LogP contribution is 2.58. The summed E-state index contributed by atoms with van der Waals surface area (Å²) in [6.07, 6.45) is -1.61. The van der Waals surface area contributed by atoms with Gasteiger partial charge in [-0.2, -0.15) is 0 Å². The molecule has 14 nitrogen and oxygen atoms in total. The quantitative estimate of drug-likeness (QED) is 0.269. The number of carbonyl (C=O) groups is 1. The molecular weight excluding hydrogens is 704 g/mol. The summed E-state index contributed by atoms with van der Waals surface area (Å²) in [5.41, 5.74) is -0.237. The van der Waals surface area contributed by atoms with E-state index in [1.54, 1.807) is 27.0 Å². The Morgan fingerprint density at radius 2 is 1.44 bits per heavy atom. The van der Waals surface area contributed by atoms with Crippen LogP contribution in [0.1, 0.15) is 90.4 Å². The molecule has 0 radical (unpaired) electrons. The van der Waals surface area contributed by atoms with E-state index in [9.17, 15) is 25.2 Å². The van der Waals surface area contributed by atoms with Gasteiger partial charge in [0, 0.05) is 45.0 Å². The van der Waals surface area contributed by atoms with Crippen LogP contribution in [-0.2, 0) is 48.3 Å². The second-order valence-electron chi connectivity index (χ2n) is 16.7. The molecule has 5 fully saturated rings. The fourth-order valence-corrected chi connectivity index (χ4v) is 10.4. The van der Waals surface area contributed by atoms with E-state index in [1.165, 1.54) is 18.9 Å². The number of Topliss-reactive ketones (excluding diaryl/α,β-unsaturated/α-hetero) is 1. The molecule has 3 aliphatic heterocycles. The van der Waals surface area contributed by atoms with Gasteiger partial charge < -0.3 is 62.7 Å². The number of methoxy groups -OCH3 is 2. The molecule has 2 saturated carbocycles. The predicted octanol–water partition coefficient (Wildman–Crippen LogP) is 3.17. The molecule has 3 aliphatic carbocycles. The average Bonchev–Trinajstić information content (AvgIpc) is 3.57. The van der Waals surface area contributed by atoms with Crippen molar-refractivity contribution >= 4 is 5.78 Å². The normalized spacial score (nSPS) is 48.5. The lowest BCUT2D eigenvalue weighted by Gasteiger charge is -2.55. The molecule has 7 rings (SSSR count). The van der Waals surface area contributed by atoms with Crippen LogP contribution < -0.4 is 0 Å². The molecule has 1 aromatic rings. The first-order valence-electron chi connectivity index (χ1n) is 19.7. The van der Waals surface area contributed by atoms with Gasteiger partial charge in [-0.05, 0) is 77.2 Å². The van der Waals surface area contributed by atoms with Gasteiger partial charge in [0.25, 0.3) is 0 Å². The molecule has 0 unspecified atom stereocenters. The molecule has 4 N–H and O–H groups in total. The Bertz CT molecular complexity index is 1490. The topological polar surface area (TPSA) is 185 Å². The van der Waals surface area contributed by atoms with Gasteiger partial charge >= 0.3 is 0 Å².